The summed E-state index contributed by atoms with van der Waals surface area (Å²) in [7, 11) is 0. The highest BCUT2D eigenvalue weighted by Crippen LogP contribution is 2.11. The minimum atomic E-state index is 0.553. The summed E-state index contributed by atoms with van der Waals surface area (Å²) in [5, 5.41) is 3.34. The average molecular weight is 217 g/mol. The summed E-state index contributed by atoms with van der Waals surface area (Å²) in [4.78, 5) is 0. The summed E-state index contributed by atoms with van der Waals surface area (Å²) in [6, 6.07) is 8.10. The Kier molecular flexibility index (Phi) is 6.04. The molecule has 0 unspecified atom stereocenters. The quantitative estimate of drug-likeness (QED) is 0.534. The van der Waals surface area contributed by atoms with Crippen molar-refractivity contribution in [2.75, 3.05) is 13.2 Å². The Hall–Kier alpha value is -1.54. The lowest BCUT2D eigenvalue weighted by Crippen LogP contribution is -2.13. The van der Waals surface area contributed by atoms with Crippen molar-refractivity contribution in [2.45, 2.75) is 13.0 Å². The van der Waals surface area contributed by atoms with E-state index in [-0.39, 0.29) is 0 Å². The van der Waals surface area contributed by atoms with Gasteiger partial charge in [-0.2, -0.15) is 0 Å². The van der Waals surface area contributed by atoms with Crippen LogP contribution in [0, 0.1) is 0 Å². The second-order valence-electron chi connectivity index (χ2n) is 3.50. The number of hydrogen-bond donors (Lipinski definition) is 1. The molecule has 0 aliphatic rings. The second-order valence-corrected chi connectivity index (χ2v) is 3.50. The molecule has 0 amide bonds. The van der Waals surface area contributed by atoms with Gasteiger partial charge in [-0.15, -0.1) is 6.58 Å². The maximum absolute atomic E-state index is 5.40. The molecule has 0 aromatic heterocycles. The summed E-state index contributed by atoms with van der Waals surface area (Å²) in [6.07, 6.45) is 4.66. The first-order valence-corrected chi connectivity index (χ1v) is 5.51. The fourth-order valence-electron chi connectivity index (χ4n) is 1.30. The monoisotopic (exact) mass is 217 g/mol. The number of rotatable bonds is 8. The van der Waals surface area contributed by atoms with E-state index in [4.69, 9.17) is 4.74 Å². The molecular formula is C14H19NO. The molecule has 0 spiro atoms. The van der Waals surface area contributed by atoms with E-state index in [0.29, 0.717) is 6.61 Å². The first-order chi connectivity index (χ1) is 7.86. The van der Waals surface area contributed by atoms with Crippen LogP contribution in [0.1, 0.15) is 12.0 Å². The molecule has 0 heterocycles. The highest BCUT2D eigenvalue weighted by Gasteiger charge is 1.94. The van der Waals surface area contributed by atoms with E-state index in [0.717, 1.165) is 25.3 Å². The van der Waals surface area contributed by atoms with Crippen molar-refractivity contribution in [3.8, 4) is 5.75 Å². The lowest BCUT2D eigenvalue weighted by molar-refractivity contribution is 0.363. The molecule has 1 aromatic rings. The van der Waals surface area contributed by atoms with Crippen molar-refractivity contribution < 1.29 is 4.74 Å². The summed E-state index contributed by atoms with van der Waals surface area (Å²) in [6.45, 7) is 9.70. The lowest BCUT2D eigenvalue weighted by atomic mass is 10.2. The van der Waals surface area contributed by atoms with Gasteiger partial charge in [0.2, 0.25) is 0 Å². The normalized spacial score (nSPS) is 9.75. The Balaban J connectivity index is 2.32. The Morgan fingerprint density at radius 1 is 1.12 bits per heavy atom. The van der Waals surface area contributed by atoms with Gasteiger partial charge in [0.15, 0.2) is 0 Å². The maximum Gasteiger partial charge on any atom is 0.119 e. The number of hydrogen-bond acceptors (Lipinski definition) is 2. The number of ether oxygens (including phenoxy) is 1. The van der Waals surface area contributed by atoms with Crippen LogP contribution in [-0.4, -0.2) is 13.2 Å². The fourth-order valence-corrected chi connectivity index (χ4v) is 1.30. The van der Waals surface area contributed by atoms with E-state index >= 15 is 0 Å². The van der Waals surface area contributed by atoms with Crippen LogP contribution in [0.5, 0.6) is 5.75 Å². The Morgan fingerprint density at radius 3 is 2.50 bits per heavy atom. The van der Waals surface area contributed by atoms with Crippen molar-refractivity contribution in [3.63, 3.8) is 0 Å². The second kappa shape index (κ2) is 7.71. The SMILES string of the molecule is C=CCCNCc1ccc(OCC=C)cc1. The predicted molar refractivity (Wildman–Crippen MR) is 68.7 cm³/mol. The third-order valence-corrected chi connectivity index (χ3v) is 2.15. The zero-order valence-corrected chi connectivity index (χ0v) is 9.61. The molecule has 86 valence electrons. The molecule has 1 aromatic carbocycles. The zero-order chi connectivity index (χ0) is 11.6. The third kappa shape index (κ3) is 4.80. The number of benzene rings is 1. The standard InChI is InChI=1S/C14H19NO/c1-3-5-10-15-12-13-6-8-14(9-7-13)16-11-4-2/h3-4,6-9,15H,1-2,5,10-12H2. The molecule has 2 heteroatoms. The lowest BCUT2D eigenvalue weighted by Gasteiger charge is -2.06. The van der Waals surface area contributed by atoms with Gasteiger partial charge < -0.3 is 10.1 Å². The number of nitrogens with one attached hydrogen (secondary N) is 1. The van der Waals surface area contributed by atoms with Crippen LogP contribution in [0.15, 0.2) is 49.6 Å². The molecule has 0 aliphatic carbocycles. The zero-order valence-electron chi connectivity index (χ0n) is 9.61. The summed E-state index contributed by atoms with van der Waals surface area (Å²) in [5.41, 5.74) is 1.26. The molecule has 1 N–H and O–H groups in total. The molecule has 1 rings (SSSR count). The van der Waals surface area contributed by atoms with Crippen LogP contribution in [0.3, 0.4) is 0 Å². The van der Waals surface area contributed by atoms with Gasteiger partial charge in [0.05, 0.1) is 0 Å². The first-order valence-electron chi connectivity index (χ1n) is 5.51. The van der Waals surface area contributed by atoms with Crippen LogP contribution in [0.25, 0.3) is 0 Å². The van der Waals surface area contributed by atoms with Crippen LogP contribution in [-0.2, 0) is 6.54 Å². The molecule has 0 bridgehead atoms. The van der Waals surface area contributed by atoms with Gasteiger partial charge >= 0.3 is 0 Å². The largest absolute Gasteiger partial charge is 0.490 e. The van der Waals surface area contributed by atoms with Crippen molar-refractivity contribution >= 4 is 0 Å². The molecule has 0 fully saturated rings. The minimum Gasteiger partial charge on any atom is -0.490 e. The smallest absolute Gasteiger partial charge is 0.119 e. The minimum absolute atomic E-state index is 0.553. The van der Waals surface area contributed by atoms with Gasteiger partial charge in [0.1, 0.15) is 12.4 Å². The van der Waals surface area contributed by atoms with Gasteiger partial charge in [-0.05, 0) is 30.7 Å². The van der Waals surface area contributed by atoms with Crippen LogP contribution in [0.4, 0.5) is 0 Å². The van der Waals surface area contributed by atoms with Crippen molar-refractivity contribution in [1.82, 2.24) is 5.32 Å². The third-order valence-electron chi connectivity index (χ3n) is 2.15. The molecule has 2 nitrogen and oxygen atoms in total. The Bertz CT molecular complexity index is 316. The highest BCUT2D eigenvalue weighted by atomic mass is 16.5. The summed E-state index contributed by atoms with van der Waals surface area (Å²) < 4.78 is 5.40. The highest BCUT2D eigenvalue weighted by molar-refractivity contribution is 5.27. The Morgan fingerprint density at radius 2 is 1.88 bits per heavy atom. The summed E-state index contributed by atoms with van der Waals surface area (Å²) in [5.74, 6) is 0.884. The van der Waals surface area contributed by atoms with Crippen LogP contribution >= 0.6 is 0 Å². The molecule has 0 atom stereocenters. The van der Waals surface area contributed by atoms with E-state index in [2.05, 4.69) is 30.6 Å². The van der Waals surface area contributed by atoms with Crippen LogP contribution in [0.2, 0.25) is 0 Å². The topological polar surface area (TPSA) is 21.3 Å². The van der Waals surface area contributed by atoms with Gasteiger partial charge in [0, 0.05) is 6.54 Å². The molecule has 16 heavy (non-hydrogen) atoms. The van der Waals surface area contributed by atoms with Crippen molar-refractivity contribution in [2.24, 2.45) is 0 Å². The first kappa shape index (κ1) is 12.5. The molecular weight excluding hydrogens is 198 g/mol. The van der Waals surface area contributed by atoms with Crippen LogP contribution < -0.4 is 10.1 Å². The van der Waals surface area contributed by atoms with E-state index < -0.39 is 0 Å². The summed E-state index contributed by atoms with van der Waals surface area (Å²) >= 11 is 0. The van der Waals surface area contributed by atoms with Crippen molar-refractivity contribution in [3.05, 3.63) is 55.1 Å². The molecule has 0 saturated carbocycles. The van der Waals surface area contributed by atoms with Gasteiger partial charge in [-0.25, -0.2) is 0 Å². The molecule has 0 radical (unpaired) electrons. The van der Waals surface area contributed by atoms with E-state index in [1.807, 2.05) is 18.2 Å². The Labute approximate surface area is 97.6 Å². The average Bonchev–Trinajstić information content (AvgIpc) is 2.33. The van der Waals surface area contributed by atoms with E-state index in [1.54, 1.807) is 6.08 Å². The van der Waals surface area contributed by atoms with Gasteiger partial charge in [-0.3, -0.25) is 0 Å². The maximum atomic E-state index is 5.40. The molecule has 0 aliphatic heterocycles. The predicted octanol–water partition coefficient (Wildman–Crippen LogP) is 2.92. The van der Waals surface area contributed by atoms with E-state index in [1.165, 1.54) is 5.56 Å². The van der Waals surface area contributed by atoms with Gasteiger partial charge in [0.25, 0.3) is 0 Å². The van der Waals surface area contributed by atoms with E-state index in [9.17, 15) is 0 Å². The van der Waals surface area contributed by atoms with Crippen molar-refractivity contribution in [1.29, 1.82) is 0 Å². The molecule has 0 saturated heterocycles. The van der Waals surface area contributed by atoms with Gasteiger partial charge in [-0.1, -0.05) is 30.9 Å². The fraction of sp³-hybridized carbons (Fsp3) is 0.286.